The van der Waals surface area contributed by atoms with E-state index < -0.39 is 0 Å². The van der Waals surface area contributed by atoms with Crippen molar-refractivity contribution in [1.29, 1.82) is 0 Å². The van der Waals surface area contributed by atoms with E-state index in [-0.39, 0.29) is 23.7 Å². The third-order valence-electron chi connectivity index (χ3n) is 6.00. The summed E-state index contributed by atoms with van der Waals surface area (Å²) >= 11 is 0. The third kappa shape index (κ3) is 3.07. The molecule has 134 valence electrons. The number of H-pyrrole nitrogens is 1. The van der Waals surface area contributed by atoms with E-state index in [0.717, 1.165) is 38.9 Å². The Kier molecular flexibility index (Phi) is 4.29. The summed E-state index contributed by atoms with van der Waals surface area (Å²) in [5, 5.41) is 4.42. The molecular weight excluding hydrogens is 314 g/mol. The molecule has 5 heteroatoms. The highest BCUT2D eigenvalue weighted by Crippen LogP contribution is 2.34. The van der Waals surface area contributed by atoms with Crippen molar-refractivity contribution in [2.75, 3.05) is 19.6 Å². The van der Waals surface area contributed by atoms with Gasteiger partial charge in [0, 0.05) is 36.7 Å². The quantitative estimate of drug-likeness (QED) is 0.902. The zero-order chi connectivity index (χ0) is 17.4. The van der Waals surface area contributed by atoms with Crippen LogP contribution in [-0.4, -0.2) is 53.2 Å². The lowest BCUT2D eigenvalue weighted by Gasteiger charge is -2.49. The first-order valence-electron chi connectivity index (χ1n) is 9.33. The summed E-state index contributed by atoms with van der Waals surface area (Å²) in [5.74, 6) is 0.0138. The monoisotopic (exact) mass is 341 g/mol. The predicted molar refractivity (Wildman–Crippen MR) is 98.6 cm³/mol. The number of hydrogen-bond acceptors (Lipinski definition) is 3. The number of ether oxygens (including phenoxy) is 1. The Morgan fingerprint density at radius 2 is 2.00 bits per heavy atom. The fourth-order valence-electron chi connectivity index (χ4n) is 4.29. The number of nitrogens with zero attached hydrogens (tertiary/aromatic N) is 1. The molecule has 3 heterocycles. The number of benzene rings is 1. The Bertz CT molecular complexity index is 761. The van der Waals surface area contributed by atoms with Crippen molar-refractivity contribution in [2.45, 2.75) is 50.9 Å². The number of carbonyl (C=O) groups is 1. The molecule has 1 aromatic heterocycles. The first-order valence-corrected chi connectivity index (χ1v) is 9.33. The maximum absolute atomic E-state index is 11.8. The molecule has 25 heavy (non-hydrogen) atoms. The van der Waals surface area contributed by atoms with E-state index in [1.807, 2.05) is 6.92 Å². The van der Waals surface area contributed by atoms with E-state index >= 15 is 0 Å². The van der Waals surface area contributed by atoms with Gasteiger partial charge in [-0.2, -0.15) is 0 Å². The highest BCUT2D eigenvalue weighted by Gasteiger charge is 2.46. The number of amides is 1. The van der Waals surface area contributed by atoms with Gasteiger partial charge in [-0.25, -0.2) is 0 Å². The van der Waals surface area contributed by atoms with Crippen molar-refractivity contribution in [1.82, 2.24) is 15.2 Å². The number of nitrogens with one attached hydrogen (secondary N) is 2. The van der Waals surface area contributed by atoms with E-state index in [0.29, 0.717) is 0 Å². The van der Waals surface area contributed by atoms with Gasteiger partial charge in [0.25, 0.3) is 0 Å². The van der Waals surface area contributed by atoms with Crippen LogP contribution in [0.15, 0.2) is 30.5 Å². The van der Waals surface area contributed by atoms with Gasteiger partial charge in [0.05, 0.1) is 11.6 Å². The number of rotatable bonds is 3. The summed E-state index contributed by atoms with van der Waals surface area (Å²) in [5.41, 5.74) is 2.41. The molecule has 1 spiro atoms. The SMILES string of the molecule is CC1OC2(CCN(CCc3c[nH]c4ccccc34)CC2)C(C)NC1=O. The Hall–Kier alpha value is -1.85. The zero-order valence-corrected chi connectivity index (χ0v) is 15.0. The average molecular weight is 341 g/mol. The van der Waals surface area contributed by atoms with Crippen LogP contribution in [0.25, 0.3) is 10.9 Å². The van der Waals surface area contributed by atoms with Crippen LogP contribution in [0.5, 0.6) is 0 Å². The van der Waals surface area contributed by atoms with Crippen LogP contribution >= 0.6 is 0 Å². The topological polar surface area (TPSA) is 57.4 Å². The maximum Gasteiger partial charge on any atom is 0.249 e. The number of piperidine rings is 1. The smallest absolute Gasteiger partial charge is 0.249 e. The second-order valence-corrected chi connectivity index (χ2v) is 7.51. The number of carbonyl (C=O) groups excluding carboxylic acids is 1. The van der Waals surface area contributed by atoms with Gasteiger partial charge in [0.15, 0.2) is 0 Å². The minimum Gasteiger partial charge on any atom is -0.361 e. The maximum atomic E-state index is 11.8. The number of likely N-dealkylation sites (tertiary alicyclic amines) is 1. The number of morpholine rings is 1. The molecule has 2 aromatic rings. The summed E-state index contributed by atoms with van der Waals surface area (Å²) in [6, 6.07) is 8.57. The molecule has 2 unspecified atom stereocenters. The molecule has 1 aromatic carbocycles. The van der Waals surface area contributed by atoms with Gasteiger partial charge in [-0.15, -0.1) is 0 Å². The molecule has 2 N–H and O–H groups in total. The van der Waals surface area contributed by atoms with Crippen molar-refractivity contribution in [3.8, 4) is 0 Å². The molecule has 5 nitrogen and oxygen atoms in total. The van der Waals surface area contributed by atoms with Gasteiger partial charge < -0.3 is 19.9 Å². The van der Waals surface area contributed by atoms with E-state index in [2.05, 4.69) is 52.6 Å². The molecule has 0 aliphatic carbocycles. The molecule has 2 saturated heterocycles. The molecule has 0 saturated carbocycles. The van der Waals surface area contributed by atoms with Crippen molar-refractivity contribution < 1.29 is 9.53 Å². The molecule has 2 aliphatic heterocycles. The van der Waals surface area contributed by atoms with Crippen LogP contribution in [0.1, 0.15) is 32.3 Å². The summed E-state index contributed by atoms with van der Waals surface area (Å²) in [4.78, 5) is 17.7. The van der Waals surface area contributed by atoms with Crippen LogP contribution in [0, 0.1) is 0 Å². The van der Waals surface area contributed by atoms with E-state index in [9.17, 15) is 4.79 Å². The Morgan fingerprint density at radius 3 is 2.80 bits per heavy atom. The summed E-state index contributed by atoms with van der Waals surface area (Å²) in [6.45, 7) is 7.04. The second-order valence-electron chi connectivity index (χ2n) is 7.51. The molecule has 1 amide bonds. The minimum atomic E-state index is -0.339. The van der Waals surface area contributed by atoms with Crippen molar-refractivity contribution in [3.05, 3.63) is 36.0 Å². The van der Waals surface area contributed by atoms with Crippen molar-refractivity contribution in [3.63, 3.8) is 0 Å². The third-order valence-corrected chi connectivity index (χ3v) is 6.00. The Balaban J connectivity index is 1.35. The number of aromatic nitrogens is 1. The van der Waals surface area contributed by atoms with Gasteiger partial charge in [-0.05, 0) is 44.7 Å². The first-order chi connectivity index (χ1) is 12.1. The van der Waals surface area contributed by atoms with Crippen molar-refractivity contribution in [2.24, 2.45) is 0 Å². The van der Waals surface area contributed by atoms with Crippen LogP contribution in [0.4, 0.5) is 0 Å². The van der Waals surface area contributed by atoms with E-state index in [1.165, 1.54) is 16.5 Å². The zero-order valence-electron chi connectivity index (χ0n) is 15.0. The van der Waals surface area contributed by atoms with Gasteiger partial charge in [-0.1, -0.05) is 18.2 Å². The lowest BCUT2D eigenvalue weighted by atomic mass is 9.83. The molecule has 2 aliphatic rings. The van der Waals surface area contributed by atoms with E-state index in [4.69, 9.17) is 4.74 Å². The minimum absolute atomic E-state index is 0.0138. The average Bonchev–Trinajstić information content (AvgIpc) is 3.03. The molecule has 2 atom stereocenters. The second kappa shape index (κ2) is 6.46. The lowest BCUT2D eigenvalue weighted by molar-refractivity contribution is -0.178. The van der Waals surface area contributed by atoms with Crippen LogP contribution in [-0.2, 0) is 16.0 Å². The fraction of sp³-hybridized carbons (Fsp3) is 0.550. The fourth-order valence-corrected chi connectivity index (χ4v) is 4.29. The van der Waals surface area contributed by atoms with Crippen LogP contribution in [0.2, 0.25) is 0 Å². The Morgan fingerprint density at radius 1 is 1.24 bits per heavy atom. The van der Waals surface area contributed by atoms with Crippen LogP contribution < -0.4 is 5.32 Å². The predicted octanol–water partition coefficient (Wildman–Crippen LogP) is 2.47. The first kappa shape index (κ1) is 16.6. The number of hydrogen-bond donors (Lipinski definition) is 2. The van der Waals surface area contributed by atoms with Gasteiger partial charge in [0.2, 0.25) is 5.91 Å². The largest absolute Gasteiger partial charge is 0.361 e. The van der Waals surface area contributed by atoms with Gasteiger partial charge in [-0.3, -0.25) is 4.79 Å². The molecule has 0 bridgehead atoms. The molecule has 0 radical (unpaired) electrons. The molecular formula is C20H27N3O2. The van der Waals surface area contributed by atoms with Gasteiger partial charge >= 0.3 is 0 Å². The van der Waals surface area contributed by atoms with Crippen LogP contribution in [0.3, 0.4) is 0 Å². The number of para-hydroxylation sites is 1. The number of aromatic amines is 1. The Labute approximate surface area is 148 Å². The van der Waals surface area contributed by atoms with Gasteiger partial charge in [0.1, 0.15) is 6.10 Å². The molecule has 2 fully saturated rings. The number of fused-ring (bicyclic) bond motifs is 1. The normalized spacial score (nSPS) is 26.9. The standard InChI is InChI=1S/C20H27N3O2/c1-14-19(24)22-15(2)20(25-14)8-11-23(12-9-20)10-7-16-13-21-18-6-4-3-5-17(16)18/h3-6,13-15,21H,7-12H2,1-2H3,(H,22,24). The van der Waals surface area contributed by atoms with E-state index in [1.54, 1.807) is 0 Å². The summed E-state index contributed by atoms with van der Waals surface area (Å²) in [6.07, 6.45) is 4.81. The highest BCUT2D eigenvalue weighted by molar-refractivity contribution is 5.83. The highest BCUT2D eigenvalue weighted by atomic mass is 16.5. The lowest BCUT2D eigenvalue weighted by Crippen LogP contribution is -2.65. The summed E-state index contributed by atoms with van der Waals surface area (Å²) < 4.78 is 6.15. The summed E-state index contributed by atoms with van der Waals surface area (Å²) in [7, 11) is 0. The molecule has 4 rings (SSSR count). The van der Waals surface area contributed by atoms with Crippen molar-refractivity contribution >= 4 is 16.8 Å².